The van der Waals surface area contributed by atoms with E-state index in [1.807, 2.05) is 12.1 Å². The van der Waals surface area contributed by atoms with Gasteiger partial charge in [-0.3, -0.25) is 4.90 Å². The van der Waals surface area contributed by atoms with Crippen LogP contribution in [0.25, 0.3) is 0 Å². The normalized spacial score (nSPS) is 25.5. The molecule has 0 spiro atoms. The number of anilines is 1. The molecular formula is C16H24N2O3. The van der Waals surface area contributed by atoms with Crippen LogP contribution in [-0.4, -0.2) is 36.0 Å². The molecule has 3 rings (SSSR count). The summed E-state index contributed by atoms with van der Waals surface area (Å²) in [4.78, 5) is 2.22. The van der Waals surface area contributed by atoms with Crippen LogP contribution < -0.4 is 10.5 Å². The van der Waals surface area contributed by atoms with Gasteiger partial charge in [0.15, 0.2) is 6.79 Å². The molecule has 2 aliphatic rings. The summed E-state index contributed by atoms with van der Waals surface area (Å²) in [5, 5.41) is 10.2. The minimum absolute atomic E-state index is 0.218. The molecule has 2 unspecified atom stereocenters. The number of benzene rings is 1. The molecule has 0 bridgehead atoms. The van der Waals surface area contributed by atoms with Gasteiger partial charge in [0.05, 0.1) is 12.7 Å². The van der Waals surface area contributed by atoms with Gasteiger partial charge < -0.3 is 20.3 Å². The third-order valence-corrected chi connectivity index (χ3v) is 4.49. The number of likely N-dealkylation sites (N-methyl/N-ethyl adjacent to an activating group) is 1. The lowest BCUT2D eigenvalue weighted by Gasteiger charge is -2.35. The Morgan fingerprint density at radius 1 is 1.33 bits per heavy atom. The van der Waals surface area contributed by atoms with E-state index < -0.39 is 0 Å². The molecule has 21 heavy (non-hydrogen) atoms. The number of hydrogen-bond donors (Lipinski definition) is 2. The molecule has 1 saturated carbocycles. The zero-order valence-electron chi connectivity index (χ0n) is 12.5. The molecule has 2 atom stereocenters. The Balaban J connectivity index is 1.79. The molecular weight excluding hydrogens is 268 g/mol. The topological polar surface area (TPSA) is 68.0 Å². The fourth-order valence-electron chi connectivity index (χ4n) is 3.44. The molecule has 0 aromatic heterocycles. The molecule has 0 saturated heterocycles. The predicted molar refractivity (Wildman–Crippen MR) is 80.9 cm³/mol. The van der Waals surface area contributed by atoms with Crippen LogP contribution in [0.4, 0.5) is 5.69 Å². The molecule has 1 aliphatic carbocycles. The van der Waals surface area contributed by atoms with E-state index in [9.17, 15) is 5.11 Å². The van der Waals surface area contributed by atoms with E-state index in [1.165, 1.54) is 6.42 Å². The van der Waals surface area contributed by atoms with Crippen LogP contribution in [0.2, 0.25) is 0 Å². The first-order chi connectivity index (χ1) is 10.1. The summed E-state index contributed by atoms with van der Waals surface area (Å²) in [6, 6.07) is 4.10. The zero-order chi connectivity index (χ0) is 14.8. The molecule has 1 aromatic rings. The maximum Gasteiger partial charge on any atom is 0.189 e. The molecule has 0 radical (unpaired) electrons. The Morgan fingerprint density at radius 3 is 2.95 bits per heavy atom. The maximum absolute atomic E-state index is 10.2. The lowest BCUT2D eigenvalue weighted by Crippen LogP contribution is -2.43. The quantitative estimate of drug-likeness (QED) is 0.833. The molecule has 5 heteroatoms. The monoisotopic (exact) mass is 292 g/mol. The van der Waals surface area contributed by atoms with E-state index in [-0.39, 0.29) is 12.1 Å². The van der Waals surface area contributed by atoms with Crippen LogP contribution in [0.1, 0.15) is 36.8 Å². The third kappa shape index (κ3) is 3.15. The highest BCUT2D eigenvalue weighted by Gasteiger charge is 2.27. The van der Waals surface area contributed by atoms with Crippen LogP contribution in [0.3, 0.4) is 0 Å². The number of fused-ring (bicyclic) bond motifs is 1. The fraction of sp³-hybridized carbons (Fsp3) is 0.625. The highest BCUT2D eigenvalue weighted by atomic mass is 16.7. The van der Waals surface area contributed by atoms with Crippen molar-refractivity contribution in [1.29, 1.82) is 0 Å². The second kappa shape index (κ2) is 6.22. The number of rotatable bonds is 3. The third-order valence-electron chi connectivity index (χ3n) is 4.49. The van der Waals surface area contributed by atoms with Gasteiger partial charge in [0.1, 0.15) is 5.75 Å². The summed E-state index contributed by atoms with van der Waals surface area (Å²) in [6.07, 6.45) is 4.02. The number of nitrogen functional groups attached to an aromatic ring is 1. The van der Waals surface area contributed by atoms with E-state index >= 15 is 0 Å². The lowest BCUT2D eigenvalue weighted by atomic mass is 9.91. The minimum Gasteiger partial charge on any atom is -0.467 e. The Hall–Kier alpha value is -1.30. The van der Waals surface area contributed by atoms with E-state index in [0.29, 0.717) is 13.4 Å². The Morgan fingerprint density at radius 2 is 2.14 bits per heavy atom. The fourth-order valence-corrected chi connectivity index (χ4v) is 3.44. The number of nitrogens with zero attached hydrogens (tertiary/aromatic N) is 1. The van der Waals surface area contributed by atoms with Gasteiger partial charge in [-0.15, -0.1) is 0 Å². The van der Waals surface area contributed by atoms with Crippen molar-refractivity contribution >= 4 is 5.69 Å². The first kappa shape index (κ1) is 14.6. The average Bonchev–Trinajstić information content (AvgIpc) is 2.47. The number of ether oxygens (including phenoxy) is 2. The van der Waals surface area contributed by atoms with Crippen molar-refractivity contribution in [2.75, 3.05) is 19.6 Å². The summed E-state index contributed by atoms with van der Waals surface area (Å²) in [7, 11) is 2.06. The second-order valence-corrected chi connectivity index (χ2v) is 6.11. The van der Waals surface area contributed by atoms with Crippen LogP contribution in [0.15, 0.2) is 12.1 Å². The summed E-state index contributed by atoms with van der Waals surface area (Å²) >= 11 is 0. The largest absolute Gasteiger partial charge is 0.467 e. The molecule has 1 aromatic carbocycles. The van der Waals surface area contributed by atoms with Crippen molar-refractivity contribution in [3.8, 4) is 5.75 Å². The van der Waals surface area contributed by atoms with Gasteiger partial charge in [-0.2, -0.15) is 0 Å². The van der Waals surface area contributed by atoms with Crippen molar-refractivity contribution in [2.45, 2.75) is 51.0 Å². The summed E-state index contributed by atoms with van der Waals surface area (Å²) in [6.45, 7) is 1.57. The van der Waals surface area contributed by atoms with Crippen molar-refractivity contribution in [3.63, 3.8) is 0 Å². The first-order valence-electron chi connectivity index (χ1n) is 7.65. The van der Waals surface area contributed by atoms with Crippen LogP contribution in [-0.2, 0) is 17.9 Å². The smallest absolute Gasteiger partial charge is 0.189 e. The number of aliphatic hydroxyl groups excluding tert-OH is 1. The van der Waals surface area contributed by atoms with Gasteiger partial charge in [0.25, 0.3) is 0 Å². The summed E-state index contributed by atoms with van der Waals surface area (Å²) in [5.74, 6) is 0.896. The van der Waals surface area contributed by atoms with Crippen molar-refractivity contribution in [3.05, 3.63) is 23.3 Å². The van der Waals surface area contributed by atoms with Gasteiger partial charge in [-0.25, -0.2) is 0 Å². The van der Waals surface area contributed by atoms with Gasteiger partial charge in [0.2, 0.25) is 0 Å². The minimum atomic E-state index is -0.232. The Labute approximate surface area is 125 Å². The molecule has 1 aliphatic heterocycles. The van der Waals surface area contributed by atoms with Crippen molar-refractivity contribution in [1.82, 2.24) is 4.90 Å². The van der Waals surface area contributed by atoms with Gasteiger partial charge in [-0.05, 0) is 32.0 Å². The number of nitrogens with two attached hydrogens (primary N) is 1. The zero-order valence-corrected chi connectivity index (χ0v) is 12.5. The molecule has 5 nitrogen and oxygen atoms in total. The van der Waals surface area contributed by atoms with Gasteiger partial charge >= 0.3 is 0 Å². The SMILES string of the molecule is CN(Cc1cc(N)cc2c1OCOC2)C1CCCCC1O. The Kier molecular flexibility index (Phi) is 4.33. The van der Waals surface area contributed by atoms with Gasteiger partial charge in [-0.1, -0.05) is 12.8 Å². The first-order valence-corrected chi connectivity index (χ1v) is 7.65. The lowest BCUT2D eigenvalue weighted by molar-refractivity contribution is -0.0182. The number of aliphatic hydroxyl groups is 1. The van der Waals surface area contributed by atoms with E-state index in [2.05, 4.69) is 11.9 Å². The van der Waals surface area contributed by atoms with E-state index in [4.69, 9.17) is 15.2 Å². The summed E-state index contributed by atoms with van der Waals surface area (Å²) < 4.78 is 11.0. The Bertz CT molecular complexity index is 507. The molecule has 0 amide bonds. The van der Waals surface area contributed by atoms with Gasteiger partial charge in [0, 0.05) is 29.4 Å². The van der Waals surface area contributed by atoms with Crippen LogP contribution in [0, 0.1) is 0 Å². The van der Waals surface area contributed by atoms with Crippen LogP contribution >= 0.6 is 0 Å². The molecule has 1 fully saturated rings. The molecule has 1 heterocycles. The highest BCUT2D eigenvalue weighted by molar-refractivity contribution is 5.53. The average molecular weight is 292 g/mol. The highest BCUT2D eigenvalue weighted by Crippen LogP contribution is 2.32. The summed E-state index contributed by atoms with van der Waals surface area (Å²) in [5.41, 5.74) is 8.80. The molecule has 3 N–H and O–H groups in total. The maximum atomic E-state index is 10.2. The number of hydrogen-bond acceptors (Lipinski definition) is 5. The molecule has 116 valence electrons. The standard InChI is InChI=1S/C16H24N2O3/c1-18(14-4-2-3-5-15(14)19)8-11-6-13(17)7-12-9-20-10-21-16(11)12/h6-7,14-15,19H,2-5,8-10,17H2,1H3. The van der Waals surface area contributed by atoms with Crippen molar-refractivity contribution in [2.24, 2.45) is 0 Å². The van der Waals surface area contributed by atoms with Crippen molar-refractivity contribution < 1.29 is 14.6 Å². The van der Waals surface area contributed by atoms with Crippen LogP contribution in [0.5, 0.6) is 5.75 Å². The predicted octanol–water partition coefficient (Wildman–Crippen LogP) is 1.87. The van der Waals surface area contributed by atoms with E-state index in [0.717, 1.165) is 48.4 Å². The second-order valence-electron chi connectivity index (χ2n) is 6.11. The van der Waals surface area contributed by atoms with E-state index in [1.54, 1.807) is 0 Å².